The Morgan fingerprint density at radius 1 is 1.15 bits per heavy atom. The van der Waals surface area contributed by atoms with Crippen LogP contribution in [0.5, 0.6) is 0 Å². The molecule has 0 unspecified atom stereocenters. The van der Waals surface area contributed by atoms with Crippen LogP contribution in [0.4, 0.5) is 5.69 Å². The lowest BCUT2D eigenvalue weighted by atomic mass is 10.2. The number of sulfonamides is 1. The molecule has 20 heavy (non-hydrogen) atoms. The van der Waals surface area contributed by atoms with Gasteiger partial charge >= 0.3 is 0 Å². The van der Waals surface area contributed by atoms with Crippen molar-refractivity contribution < 1.29 is 8.42 Å². The molecule has 0 aliphatic carbocycles. The van der Waals surface area contributed by atoms with Crippen molar-refractivity contribution in [1.29, 1.82) is 0 Å². The SMILES string of the molecule is Cc1cc(S(=O)(=O)Nc2cncnc2C)c(Cl)cc1Cl. The number of rotatable bonds is 3. The molecule has 1 heterocycles. The molecule has 0 spiro atoms. The van der Waals surface area contributed by atoms with Crippen LogP contribution >= 0.6 is 23.2 Å². The lowest BCUT2D eigenvalue weighted by Gasteiger charge is -2.11. The van der Waals surface area contributed by atoms with E-state index >= 15 is 0 Å². The summed E-state index contributed by atoms with van der Waals surface area (Å²) < 4.78 is 27.1. The number of halogens is 2. The van der Waals surface area contributed by atoms with E-state index < -0.39 is 10.0 Å². The fourth-order valence-corrected chi connectivity index (χ4v) is 3.46. The fourth-order valence-electron chi connectivity index (χ4n) is 1.53. The Bertz CT molecular complexity index is 763. The number of nitrogens with zero attached hydrogens (tertiary/aromatic N) is 2. The number of hydrogen-bond acceptors (Lipinski definition) is 4. The number of aryl methyl sites for hydroxylation is 2. The van der Waals surface area contributed by atoms with E-state index in [1.54, 1.807) is 13.8 Å². The molecule has 8 heteroatoms. The molecule has 0 saturated carbocycles. The molecule has 2 aromatic rings. The summed E-state index contributed by atoms with van der Waals surface area (Å²) in [6, 6.07) is 2.83. The summed E-state index contributed by atoms with van der Waals surface area (Å²) in [4.78, 5) is 7.67. The molecule has 0 saturated heterocycles. The standard InChI is InChI=1S/C12H11Cl2N3O2S/c1-7-3-12(10(14)4-9(7)13)20(18,19)17-11-5-15-6-16-8(11)2/h3-6,17H,1-2H3. The third-order valence-corrected chi connectivity index (χ3v) is 4.90. The molecule has 1 aromatic carbocycles. The summed E-state index contributed by atoms with van der Waals surface area (Å²) in [5.74, 6) is 0. The minimum absolute atomic E-state index is 0.0377. The highest BCUT2D eigenvalue weighted by Gasteiger charge is 2.20. The van der Waals surface area contributed by atoms with Crippen molar-refractivity contribution in [3.8, 4) is 0 Å². The van der Waals surface area contributed by atoms with Crippen LogP contribution in [0.3, 0.4) is 0 Å². The normalized spacial score (nSPS) is 11.4. The summed E-state index contributed by atoms with van der Waals surface area (Å²) in [5.41, 5.74) is 1.44. The Morgan fingerprint density at radius 2 is 1.85 bits per heavy atom. The molecule has 0 amide bonds. The minimum atomic E-state index is -3.83. The number of hydrogen-bond donors (Lipinski definition) is 1. The van der Waals surface area contributed by atoms with Gasteiger partial charge in [-0.15, -0.1) is 0 Å². The maximum atomic E-state index is 12.3. The molecular weight excluding hydrogens is 321 g/mol. The first-order valence-corrected chi connectivity index (χ1v) is 7.80. The lowest BCUT2D eigenvalue weighted by Crippen LogP contribution is -2.15. The lowest BCUT2D eigenvalue weighted by molar-refractivity contribution is 0.601. The Hall–Kier alpha value is -1.37. The minimum Gasteiger partial charge on any atom is -0.276 e. The van der Waals surface area contributed by atoms with Gasteiger partial charge in [0.2, 0.25) is 0 Å². The first-order chi connectivity index (χ1) is 9.31. The van der Waals surface area contributed by atoms with Crippen LogP contribution in [0.15, 0.2) is 29.6 Å². The van der Waals surface area contributed by atoms with E-state index in [0.717, 1.165) is 0 Å². The Morgan fingerprint density at radius 3 is 2.50 bits per heavy atom. The molecule has 0 radical (unpaired) electrons. The Labute approximate surface area is 127 Å². The average molecular weight is 332 g/mol. The largest absolute Gasteiger partial charge is 0.276 e. The van der Waals surface area contributed by atoms with Crippen LogP contribution in [0.2, 0.25) is 10.0 Å². The van der Waals surface area contributed by atoms with Crippen LogP contribution in [-0.2, 0) is 10.0 Å². The topological polar surface area (TPSA) is 72.0 Å². The van der Waals surface area contributed by atoms with Crippen molar-refractivity contribution in [2.24, 2.45) is 0 Å². The highest BCUT2D eigenvalue weighted by atomic mass is 35.5. The fraction of sp³-hybridized carbons (Fsp3) is 0.167. The van der Waals surface area contributed by atoms with Crippen molar-refractivity contribution in [2.75, 3.05) is 4.72 Å². The molecule has 5 nitrogen and oxygen atoms in total. The van der Waals surface area contributed by atoms with E-state index in [1.165, 1.54) is 24.7 Å². The van der Waals surface area contributed by atoms with Crippen LogP contribution in [0.25, 0.3) is 0 Å². The van der Waals surface area contributed by atoms with Crippen LogP contribution in [0, 0.1) is 13.8 Å². The van der Waals surface area contributed by atoms with Crippen molar-refractivity contribution >= 4 is 38.9 Å². The van der Waals surface area contributed by atoms with Gasteiger partial charge in [-0.2, -0.15) is 0 Å². The number of benzene rings is 1. The van der Waals surface area contributed by atoms with E-state index in [2.05, 4.69) is 14.7 Å². The quantitative estimate of drug-likeness (QED) is 0.937. The van der Waals surface area contributed by atoms with Gasteiger partial charge in [0, 0.05) is 5.02 Å². The molecule has 1 aromatic heterocycles. The summed E-state index contributed by atoms with van der Waals surface area (Å²) >= 11 is 11.9. The van der Waals surface area contributed by atoms with Gasteiger partial charge < -0.3 is 0 Å². The Kier molecular flexibility index (Phi) is 4.17. The predicted octanol–water partition coefficient (Wildman–Crippen LogP) is 3.20. The first kappa shape index (κ1) is 15.0. The smallest absolute Gasteiger partial charge is 0.263 e. The molecule has 0 bridgehead atoms. The van der Waals surface area contributed by atoms with E-state index in [-0.39, 0.29) is 9.92 Å². The second kappa shape index (κ2) is 5.55. The molecule has 0 fully saturated rings. The highest BCUT2D eigenvalue weighted by Crippen LogP contribution is 2.29. The van der Waals surface area contributed by atoms with E-state index in [4.69, 9.17) is 23.2 Å². The van der Waals surface area contributed by atoms with Crippen molar-refractivity contribution in [2.45, 2.75) is 18.7 Å². The van der Waals surface area contributed by atoms with Gasteiger partial charge in [0.25, 0.3) is 10.0 Å². The van der Waals surface area contributed by atoms with Gasteiger partial charge in [0.05, 0.1) is 22.6 Å². The molecular formula is C12H11Cl2N3O2S. The van der Waals surface area contributed by atoms with Gasteiger partial charge in [0.1, 0.15) is 11.2 Å². The Balaban J connectivity index is 2.47. The van der Waals surface area contributed by atoms with Gasteiger partial charge in [0.15, 0.2) is 0 Å². The van der Waals surface area contributed by atoms with Crippen LogP contribution in [-0.4, -0.2) is 18.4 Å². The molecule has 0 aliphatic heterocycles. The zero-order valence-corrected chi connectivity index (χ0v) is 13.0. The molecule has 0 atom stereocenters. The van der Waals surface area contributed by atoms with Crippen molar-refractivity contribution in [3.63, 3.8) is 0 Å². The second-order valence-corrected chi connectivity index (χ2v) is 6.62. The number of aromatic nitrogens is 2. The second-order valence-electron chi connectivity index (χ2n) is 4.16. The van der Waals surface area contributed by atoms with Crippen LogP contribution < -0.4 is 4.72 Å². The summed E-state index contributed by atoms with van der Waals surface area (Å²) in [6.07, 6.45) is 2.73. The average Bonchev–Trinajstić information content (AvgIpc) is 2.36. The molecule has 0 aliphatic rings. The number of anilines is 1. The van der Waals surface area contributed by atoms with E-state index in [9.17, 15) is 8.42 Å². The van der Waals surface area contributed by atoms with Gasteiger partial charge in [-0.3, -0.25) is 4.72 Å². The molecule has 1 N–H and O–H groups in total. The summed E-state index contributed by atoms with van der Waals surface area (Å²) in [5, 5.41) is 0.468. The van der Waals surface area contributed by atoms with Crippen molar-refractivity contribution in [1.82, 2.24) is 9.97 Å². The predicted molar refractivity (Wildman–Crippen MR) is 78.8 cm³/mol. The monoisotopic (exact) mass is 331 g/mol. The highest BCUT2D eigenvalue weighted by molar-refractivity contribution is 7.92. The van der Waals surface area contributed by atoms with Gasteiger partial charge in [-0.25, -0.2) is 18.4 Å². The maximum Gasteiger partial charge on any atom is 0.263 e. The summed E-state index contributed by atoms with van der Waals surface area (Å²) in [6.45, 7) is 3.38. The van der Waals surface area contributed by atoms with E-state index in [0.29, 0.717) is 22.0 Å². The molecule has 106 valence electrons. The number of nitrogens with one attached hydrogen (secondary N) is 1. The zero-order valence-electron chi connectivity index (χ0n) is 10.7. The van der Waals surface area contributed by atoms with E-state index in [1.807, 2.05) is 0 Å². The van der Waals surface area contributed by atoms with Crippen LogP contribution in [0.1, 0.15) is 11.3 Å². The van der Waals surface area contributed by atoms with Crippen molar-refractivity contribution in [3.05, 3.63) is 46.0 Å². The maximum absolute atomic E-state index is 12.3. The molecule has 2 rings (SSSR count). The van der Waals surface area contributed by atoms with Gasteiger partial charge in [-0.05, 0) is 31.5 Å². The zero-order chi connectivity index (χ0) is 14.9. The summed E-state index contributed by atoms with van der Waals surface area (Å²) in [7, 11) is -3.83. The first-order valence-electron chi connectivity index (χ1n) is 5.56. The third-order valence-electron chi connectivity index (χ3n) is 2.66. The van der Waals surface area contributed by atoms with Gasteiger partial charge in [-0.1, -0.05) is 23.2 Å². The third kappa shape index (κ3) is 3.03.